The van der Waals surface area contributed by atoms with Gasteiger partial charge in [0.05, 0.1) is 5.69 Å². The third kappa shape index (κ3) is 3.31. The van der Waals surface area contributed by atoms with Crippen LogP contribution in [0.3, 0.4) is 0 Å². The largest absolute Gasteiger partial charge is 0.479 e. The lowest BCUT2D eigenvalue weighted by Gasteiger charge is -2.30. The molecule has 130 valence electrons. The van der Waals surface area contributed by atoms with E-state index in [0.717, 1.165) is 17.7 Å². The quantitative estimate of drug-likeness (QED) is 0.930. The zero-order chi connectivity index (χ0) is 18.1. The van der Waals surface area contributed by atoms with Crippen LogP contribution in [0.5, 0.6) is 5.75 Å². The highest BCUT2D eigenvalue weighted by atomic mass is 19.2. The third-order valence-electron chi connectivity index (χ3n) is 4.00. The van der Waals surface area contributed by atoms with Gasteiger partial charge >= 0.3 is 0 Å². The van der Waals surface area contributed by atoms with E-state index in [4.69, 9.17) is 4.74 Å². The molecule has 0 spiro atoms. The van der Waals surface area contributed by atoms with Crippen LogP contribution in [-0.2, 0) is 11.3 Å². The molecule has 1 atom stereocenters. The fraction of sp³-hybridized carbons (Fsp3) is 0.222. The number of carbonyl (C=O) groups is 2. The van der Waals surface area contributed by atoms with Crippen molar-refractivity contribution in [3.63, 3.8) is 0 Å². The van der Waals surface area contributed by atoms with E-state index in [0.29, 0.717) is 11.4 Å². The smallest absolute Gasteiger partial charge is 0.267 e. The zero-order valence-electron chi connectivity index (χ0n) is 13.7. The SMILES string of the molecule is CC1Oc2ccc(CNC(=O)c3ccc(F)c(F)c3)cc2N(C)C1=O. The molecule has 7 heteroatoms. The summed E-state index contributed by atoms with van der Waals surface area (Å²) in [5.74, 6) is -2.17. The molecule has 1 aliphatic heterocycles. The van der Waals surface area contributed by atoms with Gasteiger partial charge in [-0.3, -0.25) is 9.59 Å². The molecule has 0 saturated heterocycles. The van der Waals surface area contributed by atoms with Crippen molar-refractivity contribution in [2.24, 2.45) is 0 Å². The van der Waals surface area contributed by atoms with Gasteiger partial charge in [0.25, 0.3) is 11.8 Å². The predicted octanol–water partition coefficient (Wildman–Crippen LogP) is 2.64. The number of halogens is 2. The monoisotopic (exact) mass is 346 g/mol. The van der Waals surface area contributed by atoms with Crippen LogP contribution >= 0.6 is 0 Å². The molecule has 1 unspecified atom stereocenters. The van der Waals surface area contributed by atoms with Crippen LogP contribution in [0.15, 0.2) is 36.4 Å². The molecule has 0 saturated carbocycles. The number of ether oxygens (including phenoxy) is 1. The fourth-order valence-corrected chi connectivity index (χ4v) is 2.59. The normalized spacial score (nSPS) is 16.2. The summed E-state index contributed by atoms with van der Waals surface area (Å²) in [4.78, 5) is 25.5. The standard InChI is InChI=1S/C18H16F2N2O3/c1-10-18(24)22(2)15-7-11(3-6-16(15)25-10)9-21-17(23)12-4-5-13(19)14(20)8-12/h3-8,10H,9H2,1-2H3,(H,21,23). The molecule has 2 amide bonds. The Morgan fingerprint density at radius 2 is 1.96 bits per heavy atom. The van der Waals surface area contributed by atoms with Gasteiger partial charge in [-0.05, 0) is 42.8 Å². The van der Waals surface area contributed by atoms with Crippen molar-refractivity contribution >= 4 is 17.5 Å². The summed E-state index contributed by atoms with van der Waals surface area (Å²) >= 11 is 0. The number of hydrogen-bond acceptors (Lipinski definition) is 3. The Balaban J connectivity index is 1.73. The molecule has 2 aromatic rings. The summed E-state index contributed by atoms with van der Waals surface area (Å²) in [7, 11) is 1.66. The Hall–Kier alpha value is -2.96. The Morgan fingerprint density at radius 1 is 1.20 bits per heavy atom. The summed E-state index contributed by atoms with van der Waals surface area (Å²) in [5.41, 5.74) is 1.39. The maximum atomic E-state index is 13.2. The van der Waals surface area contributed by atoms with E-state index in [1.807, 2.05) is 0 Å². The van der Waals surface area contributed by atoms with Crippen molar-refractivity contribution in [3.05, 3.63) is 59.2 Å². The molecule has 0 bridgehead atoms. The van der Waals surface area contributed by atoms with Gasteiger partial charge < -0.3 is 15.0 Å². The zero-order valence-corrected chi connectivity index (χ0v) is 13.7. The van der Waals surface area contributed by atoms with Crippen molar-refractivity contribution in [1.82, 2.24) is 5.32 Å². The molecule has 5 nitrogen and oxygen atoms in total. The first kappa shape index (κ1) is 16.9. The van der Waals surface area contributed by atoms with Crippen molar-refractivity contribution in [1.29, 1.82) is 0 Å². The summed E-state index contributed by atoms with van der Waals surface area (Å²) in [6.45, 7) is 1.85. The Kier molecular flexibility index (Phi) is 4.39. The summed E-state index contributed by atoms with van der Waals surface area (Å²) in [6, 6.07) is 8.20. The molecule has 1 heterocycles. The molecule has 0 aliphatic carbocycles. The number of rotatable bonds is 3. The summed E-state index contributed by atoms with van der Waals surface area (Å²) in [6.07, 6.45) is -0.545. The van der Waals surface area contributed by atoms with Crippen LogP contribution in [0.2, 0.25) is 0 Å². The molecule has 1 N–H and O–H groups in total. The van der Waals surface area contributed by atoms with Crippen LogP contribution in [0.25, 0.3) is 0 Å². The number of benzene rings is 2. The van der Waals surface area contributed by atoms with Gasteiger partial charge in [0.15, 0.2) is 17.7 Å². The second-order valence-corrected chi connectivity index (χ2v) is 5.77. The average molecular weight is 346 g/mol. The Labute approximate surface area is 143 Å². The predicted molar refractivity (Wildman–Crippen MR) is 87.5 cm³/mol. The van der Waals surface area contributed by atoms with Crippen LogP contribution in [0.4, 0.5) is 14.5 Å². The molecular formula is C18H16F2N2O3. The molecule has 25 heavy (non-hydrogen) atoms. The van der Waals surface area contributed by atoms with Crippen molar-refractivity contribution < 1.29 is 23.1 Å². The lowest BCUT2D eigenvalue weighted by atomic mass is 10.1. The van der Waals surface area contributed by atoms with Crippen LogP contribution in [0, 0.1) is 11.6 Å². The van der Waals surface area contributed by atoms with Gasteiger partial charge in [-0.25, -0.2) is 8.78 Å². The summed E-state index contributed by atoms with van der Waals surface area (Å²) < 4.78 is 31.6. The number of likely N-dealkylation sites (N-methyl/N-ethyl adjacent to an activating group) is 1. The van der Waals surface area contributed by atoms with Gasteiger partial charge in [0, 0.05) is 19.2 Å². The minimum Gasteiger partial charge on any atom is -0.479 e. The van der Waals surface area contributed by atoms with E-state index < -0.39 is 23.6 Å². The van der Waals surface area contributed by atoms with E-state index in [-0.39, 0.29) is 18.0 Å². The first-order chi connectivity index (χ1) is 11.9. The molecule has 3 rings (SSSR count). The number of carbonyl (C=O) groups excluding carboxylic acids is 2. The number of amides is 2. The molecule has 0 fully saturated rings. The third-order valence-corrected chi connectivity index (χ3v) is 4.00. The van der Waals surface area contributed by atoms with Crippen LogP contribution in [-0.4, -0.2) is 25.0 Å². The van der Waals surface area contributed by atoms with Gasteiger partial charge in [-0.15, -0.1) is 0 Å². The number of hydrogen-bond donors (Lipinski definition) is 1. The average Bonchev–Trinajstić information content (AvgIpc) is 2.60. The van der Waals surface area contributed by atoms with Gasteiger partial charge in [0.2, 0.25) is 0 Å². The number of fused-ring (bicyclic) bond motifs is 1. The first-order valence-electron chi connectivity index (χ1n) is 7.67. The molecular weight excluding hydrogens is 330 g/mol. The van der Waals surface area contributed by atoms with Crippen molar-refractivity contribution in [2.45, 2.75) is 19.6 Å². The van der Waals surface area contributed by atoms with E-state index in [1.54, 1.807) is 32.2 Å². The highest BCUT2D eigenvalue weighted by molar-refractivity contribution is 5.99. The van der Waals surface area contributed by atoms with E-state index >= 15 is 0 Å². The minimum atomic E-state index is -1.08. The topological polar surface area (TPSA) is 58.6 Å². The van der Waals surface area contributed by atoms with Crippen molar-refractivity contribution in [3.8, 4) is 5.75 Å². The lowest BCUT2D eigenvalue weighted by Crippen LogP contribution is -2.42. The molecule has 0 aromatic heterocycles. The van der Waals surface area contributed by atoms with Crippen LogP contribution in [0.1, 0.15) is 22.8 Å². The molecule has 1 aliphatic rings. The fourth-order valence-electron chi connectivity index (χ4n) is 2.59. The van der Waals surface area contributed by atoms with Crippen molar-refractivity contribution in [2.75, 3.05) is 11.9 Å². The maximum Gasteiger partial charge on any atom is 0.267 e. The van der Waals surface area contributed by atoms with E-state index in [9.17, 15) is 18.4 Å². The number of anilines is 1. The molecule has 2 aromatic carbocycles. The lowest BCUT2D eigenvalue weighted by molar-refractivity contribution is -0.125. The highest BCUT2D eigenvalue weighted by Gasteiger charge is 2.28. The highest BCUT2D eigenvalue weighted by Crippen LogP contribution is 2.33. The number of nitrogens with one attached hydrogen (secondary N) is 1. The van der Waals surface area contributed by atoms with E-state index in [2.05, 4.69) is 5.32 Å². The van der Waals surface area contributed by atoms with Crippen LogP contribution < -0.4 is 15.0 Å². The van der Waals surface area contributed by atoms with Gasteiger partial charge in [-0.1, -0.05) is 6.07 Å². The summed E-state index contributed by atoms with van der Waals surface area (Å²) in [5, 5.41) is 2.63. The Morgan fingerprint density at radius 3 is 2.68 bits per heavy atom. The number of nitrogens with zero attached hydrogens (tertiary/aromatic N) is 1. The maximum absolute atomic E-state index is 13.2. The molecule has 0 radical (unpaired) electrons. The second-order valence-electron chi connectivity index (χ2n) is 5.77. The van der Waals surface area contributed by atoms with Gasteiger partial charge in [-0.2, -0.15) is 0 Å². The first-order valence-corrected chi connectivity index (χ1v) is 7.67. The van der Waals surface area contributed by atoms with Gasteiger partial charge in [0.1, 0.15) is 5.75 Å². The van der Waals surface area contributed by atoms with E-state index in [1.165, 1.54) is 11.0 Å². The Bertz CT molecular complexity index is 854. The second kappa shape index (κ2) is 6.51. The minimum absolute atomic E-state index is 0.0290.